The Morgan fingerprint density at radius 1 is 1.29 bits per heavy atom. The van der Waals surface area contributed by atoms with E-state index in [2.05, 4.69) is 14.9 Å². The molecule has 0 saturated carbocycles. The lowest BCUT2D eigenvalue weighted by Gasteiger charge is -2.31. The second-order valence-corrected chi connectivity index (χ2v) is 6.28. The predicted molar refractivity (Wildman–Crippen MR) is 91.2 cm³/mol. The largest absolute Gasteiger partial charge is 0.437 e. The van der Waals surface area contributed by atoms with Gasteiger partial charge in [0.15, 0.2) is 0 Å². The summed E-state index contributed by atoms with van der Waals surface area (Å²) in [5.41, 5.74) is 6.11. The molecule has 0 spiro atoms. The van der Waals surface area contributed by atoms with Crippen molar-refractivity contribution in [3.63, 3.8) is 0 Å². The lowest BCUT2D eigenvalue weighted by molar-refractivity contribution is -0.119. The van der Waals surface area contributed by atoms with Crippen molar-refractivity contribution in [1.29, 1.82) is 0 Å². The molecule has 126 valence electrons. The van der Waals surface area contributed by atoms with Gasteiger partial charge in [0.1, 0.15) is 11.4 Å². The standard InChI is InChI=1S/C17H19ClN4O2/c18-13-3-5-14(6-4-13)24-17-16(20-7-8-21-17)12-2-1-9-22(10-12)11-15(19)23/h3-8,12H,1-2,9-11H2,(H2,19,23). The van der Waals surface area contributed by atoms with E-state index in [0.717, 1.165) is 31.6 Å². The Labute approximate surface area is 145 Å². The second-order valence-electron chi connectivity index (χ2n) is 5.84. The molecular weight excluding hydrogens is 328 g/mol. The van der Waals surface area contributed by atoms with Gasteiger partial charge in [-0.3, -0.25) is 14.7 Å². The van der Waals surface area contributed by atoms with Crippen LogP contribution in [0.2, 0.25) is 5.02 Å². The Balaban J connectivity index is 1.78. The van der Waals surface area contributed by atoms with Crippen molar-refractivity contribution >= 4 is 17.5 Å². The number of aromatic nitrogens is 2. The van der Waals surface area contributed by atoms with E-state index in [0.29, 0.717) is 16.7 Å². The molecule has 1 atom stereocenters. The molecular formula is C17H19ClN4O2. The van der Waals surface area contributed by atoms with Crippen LogP contribution in [-0.4, -0.2) is 40.4 Å². The van der Waals surface area contributed by atoms with Gasteiger partial charge >= 0.3 is 0 Å². The van der Waals surface area contributed by atoms with E-state index in [1.807, 2.05) is 0 Å². The smallest absolute Gasteiger partial charge is 0.241 e. The Kier molecular flexibility index (Phi) is 5.27. The minimum Gasteiger partial charge on any atom is -0.437 e. The van der Waals surface area contributed by atoms with Gasteiger partial charge in [-0.05, 0) is 43.7 Å². The summed E-state index contributed by atoms with van der Waals surface area (Å²) >= 11 is 5.90. The molecule has 1 amide bonds. The molecule has 0 radical (unpaired) electrons. The number of primary amides is 1. The first-order chi connectivity index (χ1) is 11.6. The van der Waals surface area contributed by atoms with Gasteiger partial charge in [0, 0.05) is 29.9 Å². The fourth-order valence-corrected chi connectivity index (χ4v) is 3.08. The number of hydrogen-bond acceptors (Lipinski definition) is 5. The molecule has 0 bridgehead atoms. The van der Waals surface area contributed by atoms with Gasteiger partial charge in [-0.25, -0.2) is 4.98 Å². The summed E-state index contributed by atoms with van der Waals surface area (Å²) in [7, 11) is 0. The predicted octanol–water partition coefficient (Wildman–Crippen LogP) is 2.59. The summed E-state index contributed by atoms with van der Waals surface area (Å²) in [5, 5.41) is 0.649. The molecule has 3 rings (SSSR count). The maximum Gasteiger partial charge on any atom is 0.241 e. The van der Waals surface area contributed by atoms with Crippen molar-refractivity contribution in [2.24, 2.45) is 5.73 Å². The molecule has 1 unspecified atom stereocenters. The molecule has 2 aromatic rings. The van der Waals surface area contributed by atoms with Crippen LogP contribution in [0.25, 0.3) is 0 Å². The van der Waals surface area contributed by atoms with Crippen LogP contribution in [0.1, 0.15) is 24.5 Å². The van der Waals surface area contributed by atoms with E-state index in [-0.39, 0.29) is 18.4 Å². The zero-order valence-corrected chi connectivity index (χ0v) is 13.9. The summed E-state index contributed by atoms with van der Waals surface area (Å²) in [6, 6.07) is 7.12. The fraction of sp³-hybridized carbons (Fsp3) is 0.353. The molecule has 0 aliphatic carbocycles. The number of nitrogens with zero attached hydrogens (tertiary/aromatic N) is 3. The molecule has 24 heavy (non-hydrogen) atoms. The van der Waals surface area contributed by atoms with Crippen LogP contribution in [0.3, 0.4) is 0 Å². The molecule has 2 N–H and O–H groups in total. The van der Waals surface area contributed by atoms with Crippen LogP contribution in [-0.2, 0) is 4.79 Å². The average Bonchev–Trinajstić information content (AvgIpc) is 2.57. The minimum absolute atomic E-state index is 0.161. The Morgan fingerprint density at radius 2 is 2.04 bits per heavy atom. The zero-order valence-electron chi connectivity index (χ0n) is 13.2. The number of amides is 1. The number of benzene rings is 1. The number of carbonyl (C=O) groups excluding carboxylic acids is 1. The van der Waals surface area contributed by atoms with Crippen LogP contribution in [0.5, 0.6) is 11.6 Å². The lowest BCUT2D eigenvalue weighted by Crippen LogP contribution is -2.40. The molecule has 1 aliphatic heterocycles. The van der Waals surface area contributed by atoms with E-state index in [1.54, 1.807) is 36.7 Å². The highest BCUT2D eigenvalue weighted by molar-refractivity contribution is 6.30. The fourth-order valence-electron chi connectivity index (χ4n) is 2.95. The maximum atomic E-state index is 11.2. The van der Waals surface area contributed by atoms with Gasteiger partial charge in [-0.2, -0.15) is 0 Å². The Bertz CT molecular complexity index is 708. The number of rotatable bonds is 5. The monoisotopic (exact) mass is 346 g/mol. The molecule has 1 fully saturated rings. The first kappa shape index (κ1) is 16.7. The molecule has 7 heteroatoms. The summed E-state index contributed by atoms with van der Waals surface area (Å²) in [4.78, 5) is 22.0. The van der Waals surface area contributed by atoms with Crippen LogP contribution >= 0.6 is 11.6 Å². The molecule has 1 aliphatic rings. The van der Waals surface area contributed by atoms with E-state index in [1.165, 1.54) is 0 Å². The van der Waals surface area contributed by atoms with E-state index in [4.69, 9.17) is 22.1 Å². The lowest BCUT2D eigenvalue weighted by atomic mass is 9.94. The highest BCUT2D eigenvalue weighted by atomic mass is 35.5. The first-order valence-electron chi connectivity index (χ1n) is 7.87. The van der Waals surface area contributed by atoms with Crippen LogP contribution in [0, 0.1) is 0 Å². The highest BCUT2D eigenvalue weighted by Crippen LogP contribution is 2.32. The number of halogens is 1. The Morgan fingerprint density at radius 3 is 2.79 bits per heavy atom. The summed E-state index contributed by atoms with van der Waals surface area (Å²) in [5.74, 6) is 0.998. The van der Waals surface area contributed by atoms with Crippen molar-refractivity contribution in [2.75, 3.05) is 19.6 Å². The second kappa shape index (κ2) is 7.59. The van der Waals surface area contributed by atoms with Gasteiger partial charge in [0.05, 0.1) is 6.54 Å². The molecule has 6 nitrogen and oxygen atoms in total. The first-order valence-corrected chi connectivity index (χ1v) is 8.24. The SMILES string of the molecule is NC(=O)CN1CCCC(c2nccnc2Oc2ccc(Cl)cc2)C1. The van der Waals surface area contributed by atoms with E-state index < -0.39 is 0 Å². The molecule has 1 saturated heterocycles. The number of carbonyl (C=O) groups is 1. The zero-order chi connectivity index (χ0) is 16.9. The van der Waals surface area contributed by atoms with E-state index in [9.17, 15) is 4.79 Å². The summed E-state index contributed by atoms with van der Waals surface area (Å²) < 4.78 is 5.89. The third-order valence-electron chi connectivity index (χ3n) is 3.99. The van der Waals surface area contributed by atoms with Crippen LogP contribution in [0.4, 0.5) is 0 Å². The van der Waals surface area contributed by atoms with Crippen molar-refractivity contribution in [2.45, 2.75) is 18.8 Å². The average molecular weight is 347 g/mol. The number of ether oxygens (including phenoxy) is 1. The topological polar surface area (TPSA) is 81.3 Å². The number of likely N-dealkylation sites (tertiary alicyclic amines) is 1. The summed E-state index contributed by atoms with van der Waals surface area (Å²) in [6.45, 7) is 1.86. The third-order valence-corrected chi connectivity index (χ3v) is 4.24. The normalized spacial score (nSPS) is 18.3. The van der Waals surface area contributed by atoms with Crippen LogP contribution < -0.4 is 10.5 Å². The summed E-state index contributed by atoms with van der Waals surface area (Å²) in [6.07, 6.45) is 5.23. The Hall–Kier alpha value is -2.18. The molecule has 1 aromatic carbocycles. The van der Waals surface area contributed by atoms with Gasteiger partial charge < -0.3 is 10.5 Å². The highest BCUT2D eigenvalue weighted by Gasteiger charge is 2.26. The maximum absolute atomic E-state index is 11.2. The van der Waals surface area contributed by atoms with E-state index >= 15 is 0 Å². The van der Waals surface area contributed by atoms with Gasteiger partial charge in [0.2, 0.25) is 11.8 Å². The molecule has 2 heterocycles. The van der Waals surface area contributed by atoms with Crippen molar-refractivity contribution in [3.8, 4) is 11.6 Å². The van der Waals surface area contributed by atoms with Crippen molar-refractivity contribution in [1.82, 2.24) is 14.9 Å². The third kappa shape index (κ3) is 4.21. The quantitative estimate of drug-likeness (QED) is 0.899. The number of piperidine rings is 1. The number of hydrogen-bond donors (Lipinski definition) is 1. The van der Waals surface area contributed by atoms with Gasteiger partial charge in [-0.1, -0.05) is 11.6 Å². The minimum atomic E-state index is -0.313. The number of nitrogens with two attached hydrogens (primary N) is 1. The van der Waals surface area contributed by atoms with Crippen LogP contribution in [0.15, 0.2) is 36.7 Å². The van der Waals surface area contributed by atoms with Gasteiger partial charge in [-0.15, -0.1) is 0 Å². The van der Waals surface area contributed by atoms with Gasteiger partial charge in [0.25, 0.3) is 0 Å². The van der Waals surface area contributed by atoms with Crippen molar-refractivity contribution in [3.05, 3.63) is 47.4 Å². The van der Waals surface area contributed by atoms with Crippen molar-refractivity contribution < 1.29 is 9.53 Å². The molecule has 1 aromatic heterocycles.